The van der Waals surface area contributed by atoms with Gasteiger partial charge in [-0.3, -0.25) is 0 Å². The average Bonchev–Trinajstić information content (AvgIpc) is 2.83. The third-order valence-corrected chi connectivity index (χ3v) is 2.83. The molecule has 0 spiro atoms. The highest BCUT2D eigenvalue weighted by Gasteiger charge is 2.22. The van der Waals surface area contributed by atoms with Crippen LogP contribution in [-0.2, 0) is 12.0 Å². The van der Waals surface area contributed by atoms with Crippen LogP contribution in [0.2, 0.25) is 0 Å². The number of hydrogen-bond donors (Lipinski definition) is 3. The van der Waals surface area contributed by atoms with E-state index in [9.17, 15) is 9.90 Å². The molecular weight excluding hydrogens is 272 g/mol. The van der Waals surface area contributed by atoms with Crippen molar-refractivity contribution < 1.29 is 14.4 Å². The summed E-state index contributed by atoms with van der Waals surface area (Å²) in [6.07, 6.45) is 0.723. The lowest BCUT2D eigenvalue weighted by Crippen LogP contribution is -2.44. The quantitative estimate of drug-likeness (QED) is 0.740. The van der Waals surface area contributed by atoms with Crippen LogP contribution in [0, 0.1) is 5.92 Å². The van der Waals surface area contributed by atoms with Crippen LogP contribution in [0.4, 0.5) is 4.79 Å². The topological polar surface area (TPSA) is 100 Å². The highest BCUT2D eigenvalue weighted by atomic mass is 16.5. The van der Waals surface area contributed by atoms with Gasteiger partial charge in [-0.05, 0) is 12.3 Å². The summed E-state index contributed by atoms with van der Waals surface area (Å²) in [4.78, 5) is 16.0. The van der Waals surface area contributed by atoms with Crippen molar-refractivity contribution in [3.63, 3.8) is 0 Å². The van der Waals surface area contributed by atoms with Crippen LogP contribution in [0.3, 0.4) is 0 Å². The second kappa shape index (κ2) is 7.40. The van der Waals surface area contributed by atoms with Crippen molar-refractivity contribution in [1.29, 1.82) is 0 Å². The van der Waals surface area contributed by atoms with Crippen LogP contribution >= 0.6 is 0 Å². The number of hydrogen-bond acceptors (Lipinski definition) is 5. The van der Waals surface area contributed by atoms with Crippen LogP contribution < -0.4 is 10.6 Å². The molecule has 1 unspecified atom stereocenters. The standard InChI is InChI=1S/C14H26N4O3/c1-9(2)6-10(8-19)16-13(20)15-7-11-17-12(21-18-11)14(3,4)5/h9-10,19H,6-8H2,1-5H3,(H2,15,16,20). The Labute approximate surface area is 125 Å². The van der Waals surface area contributed by atoms with Crippen LogP contribution in [0.5, 0.6) is 0 Å². The predicted octanol–water partition coefficient (Wildman–Crippen LogP) is 1.57. The van der Waals surface area contributed by atoms with Crippen molar-refractivity contribution in [3.8, 4) is 0 Å². The van der Waals surface area contributed by atoms with Crippen molar-refractivity contribution >= 4 is 6.03 Å². The van der Waals surface area contributed by atoms with E-state index in [0.717, 1.165) is 6.42 Å². The molecule has 7 nitrogen and oxygen atoms in total. The molecule has 7 heteroatoms. The molecule has 0 fully saturated rings. The molecule has 0 aliphatic carbocycles. The van der Waals surface area contributed by atoms with Gasteiger partial charge in [0.25, 0.3) is 0 Å². The third kappa shape index (κ3) is 6.12. The number of aliphatic hydroxyl groups is 1. The first-order chi connectivity index (χ1) is 9.72. The first kappa shape index (κ1) is 17.4. The number of amides is 2. The fourth-order valence-electron chi connectivity index (χ4n) is 1.77. The third-order valence-electron chi connectivity index (χ3n) is 2.83. The monoisotopic (exact) mass is 298 g/mol. The molecular formula is C14H26N4O3. The zero-order chi connectivity index (χ0) is 16.0. The molecule has 0 saturated heterocycles. The molecule has 0 aromatic carbocycles. The van der Waals surface area contributed by atoms with Crippen LogP contribution in [0.15, 0.2) is 4.52 Å². The molecule has 1 heterocycles. The number of aliphatic hydroxyl groups excluding tert-OH is 1. The Balaban J connectivity index is 2.44. The summed E-state index contributed by atoms with van der Waals surface area (Å²) in [6.45, 7) is 10.1. The van der Waals surface area contributed by atoms with Gasteiger partial charge in [0.15, 0.2) is 5.82 Å². The number of carbonyl (C=O) groups is 1. The Morgan fingerprint density at radius 2 is 2.05 bits per heavy atom. The van der Waals surface area contributed by atoms with Crippen molar-refractivity contribution in [3.05, 3.63) is 11.7 Å². The molecule has 0 saturated carbocycles. The second-order valence-corrected chi connectivity index (χ2v) is 6.60. The van der Waals surface area contributed by atoms with Crippen molar-refractivity contribution in [2.75, 3.05) is 6.61 Å². The van der Waals surface area contributed by atoms with E-state index in [1.165, 1.54) is 0 Å². The molecule has 1 atom stereocenters. The first-order valence-corrected chi connectivity index (χ1v) is 7.20. The summed E-state index contributed by atoms with van der Waals surface area (Å²) < 4.78 is 5.14. The fourth-order valence-corrected chi connectivity index (χ4v) is 1.77. The Hall–Kier alpha value is -1.63. The minimum Gasteiger partial charge on any atom is -0.394 e. The smallest absolute Gasteiger partial charge is 0.315 e. The second-order valence-electron chi connectivity index (χ2n) is 6.60. The molecule has 0 radical (unpaired) electrons. The number of nitrogens with zero attached hydrogens (tertiary/aromatic N) is 2. The van der Waals surface area contributed by atoms with E-state index in [2.05, 4.69) is 20.8 Å². The van der Waals surface area contributed by atoms with E-state index >= 15 is 0 Å². The fraction of sp³-hybridized carbons (Fsp3) is 0.786. The van der Waals surface area contributed by atoms with Gasteiger partial charge in [0.2, 0.25) is 5.89 Å². The minimum atomic E-state index is -0.350. The maximum absolute atomic E-state index is 11.8. The van der Waals surface area contributed by atoms with Gasteiger partial charge in [-0.25, -0.2) is 4.79 Å². The average molecular weight is 298 g/mol. The summed E-state index contributed by atoms with van der Waals surface area (Å²) in [5.74, 6) is 1.36. The molecule has 1 aromatic heterocycles. The number of nitrogens with one attached hydrogen (secondary N) is 2. The highest BCUT2D eigenvalue weighted by molar-refractivity contribution is 5.74. The van der Waals surface area contributed by atoms with Crippen molar-refractivity contribution in [2.45, 2.75) is 59.0 Å². The summed E-state index contributed by atoms with van der Waals surface area (Å²) in [7, 11) is 0. The van der Waals surface area contributed by atoms with Gasteiger partial charge < -0.3 is 20.3 Å². The molecule has 1 aromatic rings. The summed E-state index contributed by atoms with van der Waals surface area (Å²) in [5.41, 5.74) is -0.216. The van der Waals surface area contributed by atoms with E-state index in [4.69, 9.17) is 4.52 Å². The first-order valence-electron chi connectivity index (χ1n) is 7.20. The molecule has 0 bridgehead atoms. The molecule has 21 heavy (non-hydrogen) atoms. The van der Waals surface area contributed by atoms with Gasteiger partial charge in [-0.2, -0.15) is 4.98 Å². The van der Waals surface area contributed by atoms with Crippen molar-refractivity contribution in [1.82, 2.24) is 20.8 Å². The van der Waals surface area contributed by atoms with E-state index in [1.807, 2.05) is 34.6 Å². The zero-order valence-electron chi connectivity index (χ0n) is 13.4. The van der Waals surface area contributed by atoms with Gasteiger partial charge >= 0.3 is 6.03 Å². The summed E-state index contributed by atoms with van der Waals surface area (Å²) in [6, 6.07) is -0.600. The van der Waals surface area contributed by atoms with Gasteiger partial charge in [-0.15, -0.1) is 0 Å². The highest BCUT2D eigenvalue weighted by Crippen LogP contribution is 2.19. The number of carbonyl (C=O) groups excluding carboxylic acids is 1. The van der Waals surface area contributed by atoms with E-state index in [-0.39, 0.29) is 30.6 Å². The van der Waals surface area contributed by atoms with E-state index in [1.54, 1.807) is 0 Å². The van der Waals surface area contributed by atoms with Gasteiger partial charge in [0.05, 0.1) is 19.2 Å². The Morgan fingerprint density at radius 3 is 2.52 bits per heavy atom. The Bertz CT molecular complexity index is 451. The molecule has 2 amide bonds. The number of aromatic nitrogens is 2. The maximum Gasteiger partial charge on any atom is 0.315 e. The van der Waals surface area contributed by atoms with Crippen LogP contribution in [0.1, 0.15) is 52.8 Å². The Kier molecular flexibility index (Phi) is 6.14. The Morgan fingerprint density at radius 1 is 1.38 bits per heavy atom. The summed E-state index contributed by atoms with van der Waals surface area (Å²) >= 11 is 0. The number of rotatable bonds is 6. The van der Waals surface area contributed by atoms with Gasteiger partial charge in [0.1, 0.15) is 0 Å². The van der Waals surface area contributed by atoms with E-state index < -0.39 is 0 Å². The molecule has 1 rings (SSSR count). The lowest BCUT2D eigenvalue weighted by atomic mass is 9.97. The van der Waals surface area contributed by atoms with Crippen LogP contribution in [-0.4, -0.2) is 33.9 Å². The SMILES string of the molecule is CC(C)CC(CO)NC(=O)NCc1noc(C(C)(C)C)n1. The predicted molar refractivity (Wildman–Crippen MR) is 78.7 cm³/mol. The molecule has 120 valence electrons. The van der Waals surface area contributed by atoms with Gasteiger partial charge in [-0.1, -0.05) is 39.8 Å². The molecule has 3 N–H and O–H groups in total. The van der Waals surface area contributed by atoms with Crippen LogP contribution in [0.25, 0.3) is 0 Å². The van der Waals surface area contributed by atoms with Gasteiger partial charge in [0, 0.05) is 5.41 Å². The minimum absolute atomic E-state index is 0.0814. The van der Waals surface area contributed by atoms with E-state index in [0.29, 0.717) is 17.6 Å². The normalized spacial score (nSPS) is 13.3. The lowest BCUT2D eigenvalue weighted by molar-refractivity contribution is 0.206. The summed E-state index contributed by atoms with van der Waals surface area (Å²) in [5, 5.41) is 18.4. The van der Waals surface area contributed by atoms with Crippen molar-refractivity contribution in [2.24, 2.45) is 5.92 Å². The molecule has 0 aliphatic heterocycles. The number of urea groups is 1. The maximum atomic E-state index is 11.8. The lowest BCUT2D eigenvalue weighted by Gasteiger charge is -2.18. The zero-order valence-corrected chi connectivity index (χ0v) is 13.4. The largest absolute Gasteiger partial charge is 0.394 e. The molecule has 0 aliphatic rings.